The van der Waals surface area contributed by atoms with Crippen molar-refractivity contribution in [2.75, 3.05) is 0 Å². The lowest BCUT2D eigenvalue weighted by atomic mass is 9.52. The van der Waals surface area contributed by atoms with Gasteiger partial charge in [0.05, 0.1) is 0 Å². The van der Waals surface area contributed by atoms with Crippen molar-refractivity contribution < 1.29 is 0 Å². The molecule has 0 saturated heterocycles. The molecule has 0 aromatic heterocycles. The third-order valence-corrected chi connectivity index (χ3v) is 4.23. The number of rotatable bonds is 3. The minimum atomic E-state index is 0.388. The van der Waals surface area contributed by atoms with Gasteiger partial charge < -0.3 is 0 Å². The monoisotopic (exact) mass is 205 g/mol. The molecule has 0 nitrogen and oxygen atoms in total. The van der Waals surface area contributed by atoms with Crippen LogP contribution in [0.3, 0.4) is 0 Å². The van der Waals surface area contributed by atoms with E-state index in [0.717, 1.165) is 0 Å². The second kappa shape index (κ2) is 4.76. The molecule has 0 fully saturated rings. The summed E-state index contributed by atoms with van der Waals surface area (Å²) in [5, 5.41) is 0. The molecule has 1 radical (unpaired) electrons. The lowest BCUT2D eigenvalue weighted by Gasteiger charge is -2.39. The first-order chi connectivity index (χ1) is 6.83. The van der Waals surface area contributed by atoms with Gasteiger partial charge in [0.15, 0.2) is 0 Å². The molecule has 0 heterocycles. The van der Waals surface area contributed by atoms with Crippen LogP contribution >= 0.6 is 0 Å². The van der Waals surface area contributed by atoms with Crippen molar-refractivity contribution in [3.8, 4) is 0 Å². The highest BCUT2D eigenvalue weighted by Gasteiger charge is 2.32. The Balaban J connectivity index is 2.45. The summed E-state index contributed by atoms with van der Waals surface area (Å²) < 4.78 is 0. The van der Waals surface area contributed by atoms with Crippen molar-refractivity contribution >= 4 is 7.28 Å². The van der Waals surface area contributed by atoms with E-state index in [-0.39, 0.29) is 0 Å². The zero-order valence-corrected chi connectivity index (χ0v) is 11.2. The predicted octanol–water partition coefficient (Wildman–Crippen LogP) is 4.64. The van der Waals surface area contributed by atoms with E-state index in [1.807, 2.05) is 0 Å². The minimum absolute atomic E-state index is 0.388. The smallest absolute Gasteiger partial charge is 0.113 e. The van der Waals surface area contributed by atoms with Crippen molar-refractivity contribution in [2.24, 2.45) is 10.8 Å². The van der Waals surface area contributed by atoms with Crippen LogP contribution in [0, 0.1) is 10.8 Å². The molecule has 0 bridgehead atoms. The average molecular weight is 205 g/mol. The van der Waals surface area contributed by atoms with E-state index >= 15 is 0 Å². The van der Waals surface area contributed by atoms with Gasteiger partial charge >= 0.3 is 0 Å². The maximum absolute atomic E-state index is 2.48. The first kappa shape index (κ1) is 12.9. The van der Waals surface area contributed by atoms with Gasteiger partial charge in [-0.05, 0) is 30.1 Å². The van der Waals surface area contributed by atoms with Crippen molar-refractivity contribution in [1.29, 1.82) is 0 Å². The highest BCUT2D eigenvalue weighted by molar-refractivity contribution is 6.45. The fourth-order valence-electron chi connectivity index (χ4n) is 1.74. The molecular weight excluding hydrogens is 179 g/mol. The normalized spacial score (nSPS) is 18.6. The van der Waals surface area contributed by atoms with Crippen LogP contribution in [0.25, 0.3) is 0 Å². The largest absolute Gasteiger partial charge is 0.146 e. The second-order valence-corrected chi connectivity index (χ2v) is 6.57. The maximum Gasteiger partial charge on any atom is 0.146 e. The van der Waals surface area contributed by atoms with E-state index in [4.69, 9.17) is 0 Å². The van der Waals surface area contributed by atoms with E-state index in [2.05, 4.69) is 48.0 Å². The van der Waals surface area contributed by atoms with E-state index in [0.29, 0.717) is 10.8 Å². The summed E-state index contributed by atoms with van der Waals surface area (Å²) >= 11 is 0. The molecule has 0 N–H and O–H groups in total. The maximum atomic E-state index is 2.48. The Hall–Kier alpha value is -0.195. The zero-order chi connectivity index (χ0) is 11.5. The summed E-state index contributed by atoms with van der Waals surface area (Å²) in [5.74, 6) is 0. The highest BCUT2D eigenvalue weighted by atomic mass is 14.3. The van der Waals surface area contributed by atoms with Gasteiger partial charge in [0.25, 0.3) is 0 Å². The van der Waals surface area contributed by atoms with Crippen LogP contribution < -0.4 is 0 Å². The molecule has 1 heteroatoms. The van der Waals surface area contributed by atoms with Crippen LogP contribution in [0.1, 0.15) is 60.3 Å². The average Bonchev–Trinajstić information content (AvgIpc) is 2.15. The molecule has 0 amide bonds. The first-order valence-electron chi connectivity index (χ1n) is 6.35. The van der Waals surface area contributed by atoms with Gasteiger partial charge in [0, 0.05) is 0 Å². The van der Waals surface area contributed by atoms with Crippen molar-refractivity contribution in [3.63, 3.8) is 0 Å². The van der Waals surface area contributed by atoms with Gasteiger partial charge in [0.1, 0.15) is 7.28 Å². The number of hydrogen-bond donors (Lipinski definition) is 0. The Morgan fingerprint density at radius 3 is 2.27 bits per heavy atom. The zero-order valence-electron chi connectivity index (χ0n) is 11.2. The standard InChI is InChI=1S/C14H26B/c1-13(2,3)14(4,5)11-15-12-9-7-6-8-10-12/h9H,6-8,10-11H2,1-5H3. The van der Waals surface area contributed by atoms with Crippen molar-refractivity contribution in [1.82, 2.24) is 0 Å². The van der Waals surface area contributed by atoms with Crippen LogP contribution in [0.4, 0.5) is 0 Å². The summed E-state index contributed by atoms with van der Waals surface area (Å²) in [6, 6.07) is 0. The van der Waals surface area contributed by atoms with Crippen LogP contribution in [-0.4, -0.2) is 7.28 Å². The second-order valence-electron chi connectivity index (χ2n) is 6.57. The fourth-order valence-corrected chi connectivity index (χ4v) is 1.74. The molecular formula is C14H26B. The van der Waals surface area contributed by atoms with Crippen LogP contribution in [0.2, 0.25) is 6.32 Å². The Bertz CT molecular complexity index is 230. The Morgan fingerprint density at radius 1 is 1.13 bits per heavy atom. The summed E-state index contributed by atoms with van der Waals surface area (Å²) in [5.41, 5.74) is 2.38. The molecule has 0 aromatic carbocycles. The van der Waals surface area contributed by atoms with E-state index in [1.165, 1.54) is 32.0 Å². The molecule has 1 aliphatic carbocycles. The SMILES string of the molecule is CC(C)(C)C(C)(C)C[B]C1=CCCCC1. The Kier molecular flexibility index (Phi) is 4.09. The number of allylic oxidation sites excluding steroid dienone is 2. The minimum Gasteiger partial charge on any atom is -0.113 e. The molecule has 0 aliphatic heterocycles. The molecule has 0 atom stereocenters. The van der Waals surface area contributed by atoms with Crippen LogP contribution in [-0.2, 0) is 0 Å². The third kappa shape index (κ3) is 3.70. The summed E-state index contributed by atoms with van der Waals surface area (Å²) in [6.45, 7) is 11.8. The molecule has 0 aromatic rings. The topological polar surface area (TPSA) is 0 Å². The summed E-state index contributed by atoms with van der Waals surface area (Å²) in [7, 11) is 2.48. The van der Waals surface area contributed by atoms with Gasteiger partial charge in [-0.3, -0.25) is 0 Å². The molecule has 1 aliphatic rings. The predicted molar refractivity (Wildman–Crippen MR) is 70.3 cm³/mol. The first-order valence-corrected chi connectivity index (χ1v) is 6.35. The summed E-state index contributed by atoms with van der Waals surface area (Å²) in [4.78, 5) is 0. The van der Waals surface area contributed by atoms with Crippen molar-refractivity contribution in [3.05, 3.63) is 11.5 Å². The third-order valence-electron chi connectivity index (χ3n) is 4.23. The van der Waals surface area contributed by atoms with E-state index in [1.54, 1.807) is 5.47 Å². The molecule has 0 unspecified atom stereocenters. The van der Waals surface area contributed by atoms with Gasteiger partial charge in [0.2, 0.25) is 0 Å². The van der Waals surface area contributed by atoms with Gasteiger partial charge in [-0.1, -0.05) is 53.4 Å². The molecule has 1 rings (SSSR count). The lowest BCUT2D eigenvalue weighted by Crippen LogP contribution is -2.31. The fraction of sp³-hybridized carbons (Fsp3) is 0.857. The molecule has 85 valence electrons. The molecule has 15 heavy (non-hydrogen) atoms. The van der Waals surface area contributed by atoms with Gasteiger partial charge in [-0.15, -0.1) is 5.47 Å². The van der Waals surface area contributed by atoms with Crippen molar-refractivity contribution in [2.45, 2.75) is 66.6 Å². The van der Waals surface area contributed by atoms with Gasteiger partial charge in [-0.2, -0.15) is 0 Å². The number of hydrogen-bond acceptors (Lipinski definition) is 0. The van der Waals surface area contributed by atoms with Crippen LogP contribution in [0.5, 0.6) is 0 Å². The van der Waals surface area contributed by atoms with Crippen LogP contribution in [0.15, 0.2) is 11.5 Å². The molecule has 0 spiro atoms. The molecule has 0 saturated carbocycles. The summed E-state index contributed by atoms with van der Waals surface area (Å²) in [6.07, 6.45) is 9.02. The van der Waals surface area contributed by atoms with E-state index in [9.17, 15) is 0 Å². The quantitative estimate of drug-likeness (QED) is 0.589. The lowest BCUT2D eigenvalue weighted by molar-refractivity contribution is 0.156. The Labute approximate surface area is 96.8 Å². The highest BCUT2D eigenvalue weighted by Crippen LogP contribution is 2.41. The van der Waals surface area contributed by atoms with E-state index < -0.39 is 0 Å². The Morgan fingerprint density at radius 2 is 1.80 bits per heavy atom. The van der Waals surface area contributed by atoms with Gasteiger partial charge in [-0.25, -0.2) is 0 Å².